The maximum Gasteiger partial charge on any atom is 0.290 e. The van der Waals surface area contributed by atoms with E-state index in [1.807, 2.05) is 0 Å². The molecular weight excluding hydrogens is 286 g/mol. The molecule has 2 aromatic rings. The molecule has 0 spiro atoms. The normalized spacial score (nSPS) is 17.5. The summed E-state index contributed by atoms with van der Waals surface area (Å²) in [5.41, 5.74) is 1.46. The Morgan fingerprint density at radius 3 is 2.84 bits per heavy atom. The number of rotatable bonds is 1. The Morgan fingerprint density at radius 2 is 2.16 bits per heavy atom. The highest BCUT2D eigenvalue weighted by atomic mass is 32.2. The van der Waals surface area contributed by atoms with Crippen LogP contribution in [0.3, 0.4) is 0 Å². The Labute approximate surface area is 114 Å². The summed E-state index contributed by atoms with van der Waals surface area (Å²) in [5, 5.41) is 2.63. The smallest absolute Gasteiger partial charge is 0.290 e. The van der Waals surface area contributed by atoms with Gasteiger partial charge in [0.2, 0.25) is 0 Å². The molecule has 1 fully saturated rings. The van der Waals surface area contributed by atoms with Crippen molar-refractivity contribution in [3.05, 3.63) is 40.7 Å². The number of hydrogen-bond acceptors (Lipinski definition) is 3. The molecule has 2 amide bonds. The van der Waals surface area contributed by atoms with Gasteiger partial charge in [0.1, 0.15) is 5.82 Å². The van der Waals surface area contributed by atoms with Crippen LogP contribution in [0.4, 0.5) is 9.18 Å². The van der Waals surface area contributed by atoms with Gasteiger partial charge >= 0.3 is 0 Å². The lowest BCUT2D eigenvalue weighted by Gasteiger charge is -1.95. The number of amides is 2. The van der Waals surface area contributed by atoms with Crippen molar-refractivity contribution in [2.45, 2.75) is 0 Å². The number of imide groups is 1. The Kier molecular flexibility index (Phi) is 2.92. The van der Waals surface area contributed by atoms with Crippen molar-refractivity contribution >= 4 is 49.3 Å². The lowest BCUT2D eigenvalue weighted by atomic mass is 10.1. The van der Waals surface area contributed by atoms with Gasteiger partial charge in [-0.2, -0.15) is 0 Å². The summed E-state index contributed by atoms with van der Waals surface area (Å²) >= 11 is 0.861. The Hall–Kier alpha value is -1.65. The van der Waals surface area contributed by atoms with Gasteiger partial charge in [-0.3, -0.25) is 14.9 Å². The average molecular weight is 294 g/mol. The molecule has 1 atom stereocenters. The maximum atomic E-state index is 13.2. The van der Waals surface area contributed by atoms with Crippen LogP contribution < -0.4 is 5.32 Å². The zero-order valence-electron chi connectivity index (χ0n) is 9.51. The number of fused-ring (bicyclic) bond motifs is 1. The molecule has 1 aromatic heterocycles. The first kappa shape index (κ1) is 12.4. The molecule has 1 aliphatic heterocycles. The highest BCUT2D eigenvalue weighted by molar-refractivity contribution is 8.18. The van der Waals surface area contributed by atoms with Crippen molar-refractivity contribution in [3.63, 3.8) is 0 Å². The van der Waals surface area contributed by atoms with E-state index in [-0.39, 0.29) is 11.1 Å². The molecule has 7 heteroatoms. The van der Waals surface area contributed by atoms with Crippen LogP contribution in [0.5, 0.6) is 0 Å². The number of carbonyl (C=O) groups excluding carboxylic acids is 2. The van der Waals surface area contributed by atoms with Crippen molar-refractivity contribution in [2.24, 2.45) is 0 Å². The van der Waals surface area contributed by atoms with E-state index in [2.05, 4.69) is 14.7 Å². The van der Waals surface area contributed by atoms with Crippen LogP contribution in [0.25, 0.3) is 17.0 Å². The van der Waals surface area contributed by atoms with Crippen molar-refractivity contribution in [2.75, 3.05) is 0 Å². The van der Waals surface area contributed by atoms with E-state index < -0.39 is 5.91 Å². The van der Waals surface area contributed by atoms with Gasteiger partial charge in [-0.05, 0) is 45.4 Å². The van der Waals surface area contributed by atoms with Gasteiger partial charge in [0.15, 0.2) is 0 Å². The summed E-state index contributed by atoms with van der Waals surface area (Å²) in [6.45, 7) is 0. The maximum absolute atomic E-state index is 13.2. The Morgan fingerprint density at radius 1 is 1.37 bits per heavy atom. The van der Waals surface area contributed by atoms with Crippen LogP contribution in [0, 0.1) is 5.82 Å². The van der Waals surface area contributed by atoms with Crippen molar-refractivity contribution in [1.29, 1.82) is 0 Å². The zero-order valence-corrected chi connectivity index (χ0v) is 11.5. The van der Waals surface area contributed by atoms with Crippen molar-refractivity contribution in [1.82, 2.24) is 9.65 Å². The third-order valence-electron chi connectivity index (χ3n) is 2.76. The summed E-state index contributed by atoms with van der Waals surface area (Å²) in [4.78, 5) is 22.9. The summed E-state index contributed by atoms with van der Waals surface area (Å²) in [6, 6.07) is 4.43. The number of halogens is 1. The van der Waals surface area contributed by atoms with Crippen LogP contribution in [0.1, 0.15) is 5.56 Å². The number of nitrogens with zero attached hydrogens (tertiary/aromatic N) is 1. The molecule has 96 valence electrons. The third-order valence-corrected chi connectivity index (χ3v) is 3.99. The van der Waals surface area contributed by atoms with Crippen molar-refractivity contribution in [3.8, 4) is 0 Å². The first-order valence-electron chi connectivity index (χ1n) is 5.35. The topological polar surface area (TPSA) is 51.1 Å². The van der Waals surface area contributed by atoms with E-state index in [1.54, 1.807) is 22.7 Å². The largest absolute Gasteiger partial charge is 0.331 e. The Bertz CT molecular complexity index is 754. The van der Waals surface area contributed by atoms with E-state index in [4.69, 9.17) is 0 Å². The minimum absolute atomic E-state index is 0.323. The molecule has 1 aliphatic rings. The molecule has 0 bridgehead atoms. The molecule has 2 heterocycles. The minimum atomic E-state index is -0.401. The van der Waals surface area contributed by atoms with Gasteiger partial charge in [0, 0.05) is 17.1 Å². The molecule has 0 radical (unpaired) electrons. The third kappa shape index (κ3) is 2.17. The standard InChI is InChI=1S/C12H8FN2O2PS/c13-7-1-2-8-6(5-15(18)9(8)4-7)3-10-11(16)14-12(17)19-10/h1-5H,18H2,(H,14,16,17)/b10-3-. The van der Waals surface area contributed by atoms with Gasteiger partial charge in [-0.25, -0.2) is 4.39 Å². The van der Waals surface area contributed by atoms with Crippen LogP contribution >= 0.6 is 21.2 Å². The second-order valence-electron chi connectivity index (χ2n) is 4.01. The number of nitrogens with one attached hydrogen (secondary N) is 1. The molecule has 0 aliphatic carbocycles. The lowest BCUT2D eigenvalue weighted by Crippen LogP contribution is -2.17. The summed E-state index contributed by atoms with van der Waals surface area (Å²) in [7, 11) is 2.46. The number of thioether (sulfide) groups is 1. The number of aromatic nitrogens is 1. The first-order valence-corrected chi connectivity index (χ1v) is 6.68. The van der Waals surface area contributed by atoms with Crippen LogP contribution in [0.2, 0.25) is 0 Å². The Balaban J connectivity index is 2.14. The molecular formula is C12H8FN2O2PS. The molecule has 1 aromatic carbocycles. The van der Waals surface area contributed by atoms with E-state index in [1.165, 1.54) is 12.1 Å². The van der Waals surface area contributed by atoms with E-state index in [9.17, 15) is 14.0 Å². The van der Waals surface area contributed by atoms with Gasteiger partial charge in [0.25, 0.3) is 11.1 Å². The fourth-order valence-corrected chi connectivity index (χ4v) is 2.98. The molecule has 4 nitrogen and oxygen atoms in total. The second kappa shape index (κ2) is 4.47. The summed E-state index contributed by atoms with van der Waals surface area (Å²) in [6.07, 6.45) is 3.39. The quantitative estimate of drug-likeness (QED) is 0.650. The summed E-state index contributed by atoms with van der Waals surface area (Å²) in [5.74, 6) is -0.724. The predicted molar refractivity (Wildman–Crippen MR) is 76.1 cm³/mol. The lowest BCUT2D eigenvalue weighted by molar-refractivity contribution is -0.115. The first-order chi connectivity index (χ1) is 9.04. The fraction of sp³-hybridized carbons (Fsp3) is 0. The number of hydrogen-bond donors (Lipinski definition) is 1. The van der Waals surface area contributed by atoms with Gasteiger partial charge in [-0.15, -0.1) is 0 Å². The van der Waals surface area contributed by atoms with E-state index >= 15 is 0 Å². The SMILES string of the molecule is O=C1NC(=O)/C(=C/c2cn(P)c3cc(F)ccc23)S1. The zero-order chi connectivity index (χ0) is 13.6. The van der Waals surface area contributed by atoms with Gasteiger partial charge < -0.3 is 4.34 Å². The van der Waals surface area contributed by atoms with Crippen LogP contribution in [-0.2, 0) is 4.79 Å². The van der Waals surface area contributed by atoms with Crippen LogP contribution in [-0.4, -0.2) is 15.5 Å². The number of carbonyl (C=O) groups is 2. The highest BCUT2D eigenvalue weighted by Gasteiger charge is 2.25. The van der Waals surface area contributed by atoms with Gasteiger partial charge in [0.05, 0.1) is 10.4 Å². The van der Waals surface area contributed by atoms with Crippen LogP contribution in [0.15, 0.2) is 29.3 Å². The molecule has 19 heavy (non-hydrogen) atoms. The molecule has 1 saturated heterocycles. The van der Waals surface area contributed by atoms with E-state index in [0.717, 1.165) is 22.7 Å². The highest BCUT2D eigenvalue weighted by Crippen LogP contribution is 2.30. The number of benzene rings is 1. The van der Waals surface area contributed by atoms with Crippen molar-refractivity contribution < 1.29 is 14.0 Å². The molecule has 1 N–H and O–H groups in total. The molecule has 0 saturated carbocycles. The average Bonchev–Trinajstić information content (AvgIpc) is 2.81. The molecule has 3 rings (SSSR count). The monoisotopic (exact) mass is 294 g/mol. The molecule has 1 unspecified atom stereocenters. The second-order valence-corrected chi connectivity index (χ2v) is 5.58. The summed E-state index contributed by atoms with van der Waals surface area (Å²) < 4.78 is 14.9. The van der Waals surface area contributed by atoms with Gasteiger partial charge in [-0.1, -0.05) is 0 Å². The minimum Gasteiger partial charge on any atom is -0.331 e. The fourth-order valence-electron chi connectivity index (χ4n) is 1.93. The predicted octanol–water partition coefficient (Wildman–Crippen LogP) is 2.74. The van der Waals surface area contributed by atoms with E-state index in [0.29, 0.717) is 10.4 Å².